The lowest BCUT2D eigenvalue weighted by Gasteiger charge is -2.41. The van der Waals surface area contributed by atoms with E-state index in [1.807, 2.05) is 0 Å². The second-order valence-corrected chi connectivity index (χ2v) is 5.90. The predicted molar refractivity (Wildman–Crippen MR) is 75.7 cm³/mol. The number of hydrogen-bond acceptors (Lipinski definition) is 2. The molecule has 1 N–H and O–H groups in total. The summed E-state index contributed by atoms with van der Waals surface area (Å²) in [5.74, 6) is 0.900. The highest BCUT2D eigenvalue weighted by molar-refractivity contribution is 5.16. The van der Waals surface area contributed by atoms with Crippen molar-refractivity contribution in [3.05, 3.63) is 35.9 Å². The summed E-state index contributed by atoms with van der Waals surface area (Å²) < 4.78 is 0. The maximum atomic E-state index is 3.57. The summed E-state index contributed by atoms with van der Waals surface area (Å²) in [6.45, 7) is 6.12. The van der Waals surface area contributed by atoms with Crippen molar-refractivity contribution in [3.63, 3.8) is 0 Å². The van der Waals surface area contributed by atoms with E-state index in [0.717, 1.165) is 12.0 Å². The van der Waals surface area contributed by atoms with Crippen LogP contribution in [0.25, 0.3) is 0 Å². The second kappa shape index (κ2) is 5.41. The molecule has 98 valence electrons. The standard InChI is InChI=1S/C16H24N2/c1-13(10-14-6-3-2-4-7-14)18-9-5-8-15-11-17-12-16(15)18/h2-4,6-7,13,15-17H,5,8-12H2,1H3. The molecule has 0 aliphatic carbocycles. The molecule has 2 saturated heterocycles. The lowest BCUT2D eigenvalue weighted by Crippen LogP contribution is -2.50. The summed E-state index contributed by atoms with van der Waals surface area (Å²) in [6.07, 6.45) is 3.98. The van der Waals surface area contributed by atoms with Crippen molar-refractivity contribution in [1.82, 2.24) is 10.2 Å². The Bertz CT molecular complexity index is 376. The third-order valence-electron chi connectivity index (χ3n) is 4.66. The van der Waals surface area contributed by atoms with Gasteiger partial charge in [0.05, 0.1) is 0 Å². The molecule has 0 aromatic heterocycles. The first-order valence-electron chi connectivity index (χ1n) is 7.35. The first-order chi connectivity index (χ1) is 8.84. The fourth-order valence-electron chi connectivity index (χ4n) is 3.72. The van der Waals surface area contributed by atoms with Gasteiger partial charge in [0.25, 0.3) is 0 Å². The Morgan fingerprint density at radius 2 is 2.11 bits per heavy atom. The molecule has 18 heavy (non-hydrogen) atoms. The van der Waals surface area contributed by atoms with Gasteiger partial charge in [0.1, 0.15) is 0 Å². The van der Waals surface area contributed by atoms with Crippen molar-refractivity contribution >= 4 is 0 Å². The Morgan fingerprint density at radius 1 is 1.28 bits per heavy atom. The van der Waals surface area contributed by atoms with Gasteiger partial charge in [-0.05, 0) is 50.8 Å². The molecule has 0 radical (unpaired) electrons. The van der Waals surface area contributed by atoms with Crippen LogP contribution in [0.2, 0.25) is 0 Å². The molecule has 3 unspecified atom stereocenters. The zero-order valence-electron chi connectivity index (χ0n) is 11.3. The van der Waals surface area contributed by atoms with Crippen LogP contribution in [0.1, 0.15) is 25.3 Å². The van der Waals surface area contributed by atoms with E-state index < -0.39 is 0 Å². The molecule has 3 atom stereocenters. The quantitative estimate of drug-likeness (QED) is 0.877. The monoisotopic (exact) mass is 244 g/mol. The molecule has 2 heteroatoms. The summed E-state index contributed by atoms with van der Waals surface area (Å²) in [6, 6.07) is 12.4. The van der Waals surface area contributed by atoms with Crippen molar-refractivity contribution in [1.29, 1.82) is 0 Å². The predicted octanol–water partition coefficient (Wildman–Crippen LogP) is 2.30. The van der Waals surface area contributed by atoms with Gasteiger partial charge in [-0.3, -0.25) is 4.90 Å². The van der Waals surface area contributed by atoms with Crippen molar-refractivity contribution in [2.45, 2.75) is 38.3 Å². The van der Waals surface area contributed by atoms with Crippen molar-refractivity contribution < 1.29 is 0 Å². The fourth-order valence-corrected chi connectivity index (χ4v) is 3.72. The smallest absolute Gasteiger partial charge is 0.0263 e. The van der Waals surface area contributed by atoms with Crippen LogP contribution in [0.15, 0.2) is 30.3 Å². The van der Waals surface area contributed by atoms with E-state index in [2.05, 4.69) is 47.5 Å². The highest BCUT2D eigenvalue weighted by Gasteiger charge is 2.36. The molecule has 2 fully saturated rings. The number of rotatable bonds is 3. The molecule has 0 amide bonds. The SMILES string of the molecule is CC(Cc1ccccc1)N1CCCC2CNCC21. The molecule has 0 bridgehead atoms. The molecule has 1 aromatic carbocycles. The topological polar surface area (TPSA) is 15.3 Å². The minimum Gasteiger partial charge on any atom is -0.315 e. The van der Waals surface area contributed by atoms with Crippen LogP contribution >= 0.6 is 0 Å². The van der Waals surface area contributed by atoms with Gasteiger partial charge in [-0.15, -0.1) is 0 Å². The van der Waals surface area contributed by atoms with Gasteiger partial charge in [-0.1, -0.05) is 30.3 Å². The lowest BCUT2D eigenvalue weighted by atomic mass is 9.90. The first kappa shape index (κ1) is 12.2. The molecule has 2 aliphatic rings. The molecule has 0 spiro atoms. The van der Waals surface area contributed by atoms with Crippen LogP contribution in [0, 0.1) is 5.92 Å². The van der Waals surface area contributed by atoms with Crippen LogP contribution in [-0.2, 0) is 6.42 Å². The van der Waals surface area contributed by atoms with Gasteiger partial charge in [-0.2, -0.15) is 0 Å². The Balaban J connectivity index is 1.66. The van der Waals surface area contributed by atoms with Gasteiger partial charge in [0.15, 0.2) is 0 Å². The Hall–Kier alpha value is -0.860. The molecule has 3 rings (SSSR count). The number of nitrogens with one attached hydrogen (secondary N) is 1. The van der Waals surface area contributed by atoms with Crippen LogP contribution in [0.5, 0.6) is 0 Å². The molecular weight excluding hydrogens is 220 g/mol. The van der Waals surface area contributed by atoms with Crippen molar-refractivity contribution in [2.75, 3.05) is 19.6 Å². The van der Waals surface area contributed by atoms with Gasteiger partial charge in [-0.25, -0.2) is 0 Å². The van der Waals surface area contributed by atoms with E-state index in [9.17, 15) is 0 Å². The zero-order chi connectivity index (χ0) is 12.4. The van der Waals surface area contributed by atoms with Crippen LogP contribution in [0.4, 0.5) is 0 Å². The minimum absolute atomic E-state index is 0.667. The van der Waals surface area contributed by atoms with E-state index in [-0.39, 0.29) is 0 Å². The van der Waals surface area contributed by atoms with Gasteiger partial charge < -0.3 is 5.32 Å². The summed E-state index contributed by atoms with van der Waals surface area (Å²) in [4.78, 5) is 2.75. The summed E-state index contributed by atoms with van der Waals surface area (Å²) in [5, 5.41) is 3.57. The number of fused-ring (bicyclic) bond motifs is 1. The van der Waals surface area contributed by atoms with Crippen molar-refractivity contribution in [2.24, 2.45) is 5.92 Å². The van der Waals surface area contributed by atoms with E-state index in [1.54, 1.807) is 0 Å². The Morgan fingerprint density at radius 3 is 2.94 bits per heavy atom. The molecule has 2 nitrogen and oxygen atoms in total. The number of hydrogen-bond donors (Lipinski definition) is 1. The van der Waals surface area contributed by atoms with Gasteiger partial charge >= 0.3 is 0 Å². The van der Waals surface area contributed by atoms with E-state index in [1.165, 1.54) is 44.5 Å². The third-order valence-corrected chi connectivity index (χ3v) is 4.66. The molecule has 2 heterocycles. The maximum absolute atomic E-state index is 3.57. The lowest BCUT2D eigenvalue weighted by molar-refractivity contribution is 0.0848. The molecule has 1 aromatic rings. The molecular formula is C16H24N2. The first-order valence-corrected chi connectivity index (χ1v) is 7.35. The third kappa shape index (κ3) is 2.45. The highest BCUT2D eigenvalue weighted by atomic mass is 15.2. The van der Waals surface area contributed by atoms with E-state index in [4.69, 9.17) is 0 Å². The van der Waals surface area contributed by atoms with Crippen LogP contribution < -0.4 is 5.32 Å². The largest absolute Gasteiger partial charge is 0.315 e. The van der Waals surface area contributed by atoms with Crippen LogP contribution in [0.3, 0.4) is 0 Å². The molecule has 2 aliphatic heterocycles. The molecule has 0 saturated carbocycles. The fraction of sp³-hybridized carbons (Fsp3) is 0.625. The van der Waals surface area contributed by atoms with E-state index in [0.29, 0.717) is 6.04 Å². The maximum Gasteiger partial charge on any atom is 0.0263 e. The summed E-state index contributed by atoms with van der Waals surface area (Å²) in [7, 11) is 0. The Kier molecular flexibility index (Phi) is 3.67. The Labute approximate surface area is 110 Å². The number of piperidine rings is 1. The average Bonchev–Trinajstić information content (AvgIpc) is 2.87. The zero-order valence-corrected chi connectivity index (χ0v) is 11.3. The normalized spacial score (nSPS) is 30.1. The van der Waals surface area contributed by atoms with E-state index >= 15 is 0 Å². The van der Waals surface area contributed by atoms with Gasteiger partial charge in [0, 0.05) is 18.6 Å². The van der Waals surface area contributed by atoms with Crippen molar-refractivity contribution in [3.8, 4) is 0 Å². The number of nitrogens with zero attached hydrogens (tertiary/aromatic N) is 1. The number of benzene rings is 1. The number of likely N-dealkylation sites (tertiary alicyclic amines) is 1. The summed E-state index contributed by atoms with van der Waals surface area (Å²) >= 11 is 0. The van der Waals surface area contributed by atoms with Gasteiger partial charge in [0.2, 0.25) is 0 Å². The summed E-state index contributed by atoms with van der Waals surface area (Å²) in [5.41, 5.74) is 1.47. The second-order valence-electron chi connectivity index (χ2n) is 5.90. The highest BCUT2D eigenvalue weighted by Crippen LogP contribution is 2.28. The van der Waals surface area contributed by atoms with Crippen LogP contribution in [-0.4, -0.2) is 36.6 Å². The average molecular weight is 244 g/mol. The minimum atomic E-state index is 0.667.